The van der Waals surface area contributed by atoms with E-state index in [1.165, 1.54) is 5.56 Å². The molecule has 0 radical (unpaired) electrons. The minimum Gasteiger partial charge on any atom is -0.493 e. The molecule has 0 amide bonds. The number of aryl methyl sites for hydroxylation is 2. The first-order valence-corrected chi connectivity index (χ1v) is 5.10. The maximum atomic E-state index is 9.91. The molecule has 1 aliphatic heterocycles. The van der Waals surface area contributed by atoms with Crippen molar-refractivity contribution < 1.29 is 9.84 Å². The third kappa shape index (κ3) is 1.62. The molecule has 1 heterocycles. The highest BCUT2D eigenvalue weighted by Crippen LogP contribution is 2.34. The van der Waals surface area contributed by atoms with Crippen LogP contribution in [0.15, 0.2) is 12.1 Å². The van der Waals surface area contributed by atoms with Crippen LogP contribution in [-0.2, 0) is 0 Å². The Labute approximate surface area is 84.5 Å². The van der Waals surface area contributed by atoms with Crippen molar-refractivity contribution in [3.05, 3.63) is 28.8 Å². The number of rotatable bonds is 0. The normalized spacial score (nSPS) is 20.9. The molecule has 1 atom stereocenters. The first-order chi connectivity index (χ1) is 6.68. The lowest BCUT2D eigenvalue weighted by atomic mass is 10.00. The highest BCUT2D eigenvalue weighted by atomic mass is 16.5. The van der Waals surface area contributed by atoms with Crippen LogP contribution in [0.1, 0.15) is 35.6 Å². The Morgan fingerprint density at radius 2 is 2.14 bits per heavy atom. The van der Waals surface area contributed by atoms with Crippen molar-refractivity contribution in [1.29, 1.82) is 0 Å². The van der Waals surface area contributed by atoms with E-state index in [1.54, 1.807) is 0 Å². The summed E-state index contributed by atoms with van der Waals surface area (Å²) < 4.78 is 5.64. The van der Waals surface area contributed by atoms with Gasteiger partial charge in [-0.1, -0.05) is 11.6 Å². The van der Waals surface area contributed by atoms with E-state index < -0.39 is 0 Å². The SMILES string of the molecule is Cc1cc(C)c2c(c1)[C@@H](O)CCCO2. The van der Waals surface area contributed by atoms with E-state index in [0.29, 0.717) is 6.61 Å². The van der Waals surface area contributed by atoms with Crippen LogP contribution in [0.25, 0.3) is 0 Å². The topological polar surface area (TPSA) is 29.5 Å². The largest absolute Gasteiger partial charge is 0.493 e. The summed E-state index contributed by atoms with van der Waals surface area (Å²) in [5, 5.41) is 9.91. The molecule has 1 aliphatic rings. The van der Waals surface area contributed by atoms with E-state index in [4.69, 9.17) is 4.74 Å². The van der Waals surface area contributed by atoms with Gasteiger partial charge in [0.2, 0.25) is 0 Å². The molecule has 2 rings (SSSR count). The number of fused-ring (bicyclic) bond motifs is 1. The Bertz CT molecular complexity index is 344. The van der Waals surface area contributed by atoms with Gasteiger partial charge in [-0.2, -0.15) is 0 Å². The summed E-state index contributed by atoms with van der Waals surface area (Å²) in [6, 6.07) is 4.12. The molecule has 0 bridgehead atoms. The zero-order valence-corrected chi connectivity index (χ0v) is 8.71. The van der Waals surface area contributed by atoms with E-state index in [2.05, 4.69) is 6.07 Å². The van der Waals surface area contributed by atoms with Crippen LogP contribution < -0.4 is 4.74 Å². The molecule has 0 fully saturated rings. The van der Waals surface area contributed by atoms with Crippen LogP contribution in [-0.4, -0.2) is 11.7 Å². The molecule has 0 aromatic heterocycles. The van der Waals surface area contributed by atoms with E-state index in [0.717, 1.165) is 29.7 Å². The Hall–Kier alpha value is -1.02. The molecule has 1 aromatic carbocycles. The zero-order chi connectivity index (χ0) is 10.1. The van der Waals surface area contributed by atoms with Gasteiger partial charge in [-0.25, -0.2) is 0 Å². The highest BCUT2D eigenvalue weighted by Gasteiger charge is 2.19. The fourth-order valence-electron chi connectivity index (χ4n) is 2.04. The lowest BCUT2D eigenvalue weighted by molar-refractivity contribution is 0.167. The Kier molecular flexibility index (Phi) is 2.46. The van der Waals surface area contributed by atoms with E-state index >= 15 is 0 Å². The second-order valence-electron chi connectivity index (χ2n) is 4.01. The van der Waals surface area contributed by atoms with Gasteiger partial charge in [-0.05, 0) is 38.3 Å². The van der Waals surface area contributed by atoms with Crippen molar-refractivity contribution in [2.45, 2.75) is 32.8 Å². The Balaban J connectivity index is 2.53. The van der Waals surface area contributed by atoms with Gasteiger partial charge in [-0.3, -0.25) is 0 Å². The van der Waals surface area contributed by atoms with E-state index in [9.17, 15) is 5.11 Å². The van der Waals surface area contributed by atoms with Crippen molar-refractivity contribution in [2.24, 2.45) is 0 Å². The minimum absolute atomic E-state index is 0.355. The van der Waals surface area contributed by atoms with Crippen LogP contribution in [0, 0.1) is 13.8 Å². The highest BCUT2D eigenvalue weighted by molar-refractivity contribution is 5.45. The number of aliphatic hydroxyl groups excluding tert-OH is 1. The first-order valence-electron chi connectivity index (χ1n) is 5.10. The molecule has 14 heavy (non-hydrogen) atoms. The van der Waals surface area contributed by atoms with Crippen LogP contribution in [0.3, 0.4) is 0 Å². The quantitative estimate of drug-likeness (QED) is 0.684. The molecule has 0 saturated heterocycles. The molecule has 0 unspecified atom stereocenters. The summed E-state index contributed by atoms with van der Waals surface area (Å²) >= 11 is 0. The van der Waals surface area contributed by atoms with Crippen molar-refractivity contribution in [3.8, 4) is 5.75 Å². The maximum absolute atomic E-state index is 9.91. The van der Waals surface area contributed by atoms with E-state index in [-0.39, 0.29) is 6.10 Å². The van der Waals surface area contributed by atoms with E-state index in [1.807, 2.05) is 19.9 Å². The smallest absolute Gasteiger partial charge is 0.128 e. The Morgan fingerprint density at radius 3 is 2.93 bits per heavy atom. The fraction of sp³-hybridized carbons (Fsp3) is 0.500. The van der Waals surface area contributed by atoms with Crippen LogP contribution in [0.2, 0.25) is 0 Å². The standard InChI is InChI=1S/C12H16O2/c1-8-6-9(2)12-10(7-8)11(13)4-3-5-14-12/h6-7,11,13H,3-5H2,1-2H3/t11-/m0/s1. The van der Waals surface area contributed by atoms with Gasteiger partial charge in [0.05, 0.1) is 12.7 Å². The van der Waals surface area contributed by atoms with Gasteiger partial charge in [0.25, 0.3) is 0 Å². The number of hydrogen-bond acceptors (Lipinski definition) is 2. The number of ether oxygens (including phenoxy) is 1. The molecule has 0 aliphatic carbocycles. The summed E-state index contributed by atoms with van der Waals surface area (Å²) in [6.45, 7) is 4.79. The average Bonchev–Trinajstić information content (AvgIpc) is 2.29. The Morgan fingerprint density at radius 1 is 1.36 bits per heavy atom. The van der Waals surface area contributed by atoms with Crippen molar-refractivity contribution in [2.75, 3.05) is 6.61 Å². The first kappa shape index (κ1) is 9.53. The van der Waals surface area contributed by atoms with Crippen LogP contribution >= 0.6 is 0 Å². The monoisotopic (exact) mass is 192 g/mol. The molecular formula is C12H16O2. The number of aliphatic hydroxyl groups is 1. The van der Waals surface area contributed by atoms with Gasteiger partial charge in [-0.15, -0.1) is 0 Å². The third-order valence-corrected chi connectivity index (χ3v) is 2.67. The minimum atomic E-state index is -0.355. The average molecular weight is 192 g/mol. The lowest BCUT2D eigenvalue weighted by Crippen LogP contribution is -1.99. The summed E-state index contributed by atoms with van der Waals surface area (Å²) in [5.41, 5.74) is 3.27. The molecule has 0 spiro atoms. The summed E-state index contributed by atoms with van der Waals surface area (Å²) in [5.74, 6) is 0.889. The molecule has 0 saturated carbocycles. The van der Waals surface area contributed by atoms with Gasteiger partial charge in [0, 0.05) is 5.56 Å². The molecule has 76 valence electrons. The molecule has 2 heteroatoms. The summed E-state index contributed by atoms with van der Waals surface area (Å²) in [6.07, 6.45) is 1.37. The predicted molar refractivity (Wildman–Crippen MR) is 55.6 cm³/mol. The fourth-order valence-corrected chi connectivity index (χ4v) is 2.04. The van der Waals surface area contributed by atoms with Gasteiger partial charge >= 0.3 is 0 Å². The maximum Gasteiger partial charge on any atom is 0.128 e. The summed E-state index contributed by atoms with van der Waals surface area (Å²) in [4.78, 5) is 0. The van der Waals surface area contributed by atoms with Crippen LogP contribution in [0.5, 0.6) is 5.75 Å². The van der Waals surface area contributed by atoms with Crippen molar-refractivity contribution in [3.63, 3.8) is 0 Å². The summed E-state index contributed by atoms with van der Waals surface area (Å²) in [7, 11) is 0. The van der Waals surface area contributed by atoms with Gasteiger partial charge < -0.3 is 9.84 Å². The molecule has 2 nitrogen and oxygen atoms in total. The van der Waals surface area contributed by atoms with Crippen LogP contribution in [0.4, 0.5) is 0 Å². The second-order valence-corrected chi connectivity index (χ2v) is 4.01. The number of benzene rings is 1. The zero-order valence-electron chi connectivity index (χ0n) is 8.71. The van der Waals surface area contributed by atoms with Gasteiger partial charge in [0.15, 0.2) is 0 Å². The predicted octanol–water partition coefficient (Wildman–Crippen LogP) is 2.51. The third-order valence-electron chi connectivity index (χ3n) is 2.67. The lowest BCUT2D eigenvalue weighted by Gasteiger charge is -2.14. The molecule has 1 N–H and O–H groups in total. The van der Waals surface area contributed by atoms with Crippen molar-refractivity contribution in [1.82, 2.24) is 0 Å². The molecule has 1 aromatic rings. The molecular weight excluding hydrogens is 176 g/mol. The second kappa shape index (κ2) is 3.62. The van der Waals surface area contributed by atoms with Crippen molar-refractivity contribution >= 4 is 0 Å². The number of hydrogen-bond donors (Lipinski definition) is 1. The van der Waals surface area contributed by atoms with Gasteiger partial charge in [0.1, 0.15) is 5.75 Å².